The molecular weight excluding hydrogens is 632 g/mol. The van der Waals surface area contributed by atoms with E-state index in [9.17, 15) is 0 Å². The van der Waals surface area contributed by atoms with Gasteiger partial charge >= 0.3 is 26.2 Å². The van der Waals surface area contributed by atoms with Crippen molar-refractivity contribution in [2.24, 2.45) is 0 Å². The van der Waals surface area contributed by atoms with Crippen LogP contribution < -0.4 is 0 Å². The molecule has 46 heavy (non-hydrogen) atoms. The van der Waals surface area contributed by atoms with Crippen LogP contribution in [0.1, 0.15) is 33.4 Å². The molecule has 0 fully saturated rings. The van der Waals surface area contributed by atoms with Gasteiger partial charge in [-0.3, -0.25) is 0 Å². The molecule has 0 nitrogen and oxygen atoms in total. The van der Waals surface area contributed by atoms with Crippen LogP contribution in [0.25, 0.3) is 16.7 Å². The standard InChI is InChI=1S/C20H15.C13H9.C7H7.C5H5.Zr/c1-4-10-17(11-5-1)16-20(18-12-6-2-7-13-18)19-14-8-3-9-15-19;1-3-7-12-10(5-1)9-11-6-2-4-8-13(11)12;1-7-5-3-2-4-6-7;1-2-4-5-3-1;/h1-15H;1-5,7-8H,9H2;2-6H,1H2;1-5H;/q4*-1;+4. The van der Waals surface area contributed by atoms with E-state index < -0.39 is 0 Å². The molecule has 0 atom stereocenters. The average Bonchev–Trinajstić information content (AvgIpc) is 3.82. The molecule has 1 heteroatoms. The Morgan fingerprint density at radius 3 is 1.57 bits per heavy atom. The molecule has 0 unspecified atom stereocenters. The van der Waals surface area contributed by atoms with Crippen molar-refractivity contribution in [3.63, 3.8) is 0 Å². The van der Waals surface area contributed by atoms with Gasteiger partial charge in [-0.1, -0.05) is 131 Å². The van der Waals surface area contributed by atoms with Crippen LogP contribution >= 0.6 is 0 Å². The Balaban J connectivity index is 0.000000157. The van der Waals surface area contributed by atoms with Crippen LogP contribution in [0.4, 0.5) is 0 Å². The van der Waals surface area contributed by atoms with E-state index in [1.807, 2.05) is 97.1 Å². The zero-order valence-electron chi connectivity index (χ0n) is 25.9. The molecule has 0 N–H and O–H groups in total. The largest absolute Gasteiger partial charge is 4.00 e. The van der Waals surface area contributed by atoms with Crippen molar-refractivity contribution >= 4 is 5.57 Å². The second-order valence-corrected chi connectivity index (χ2v) is 10.4. The van der Waals surface area contributed by atoms with Crippen molar-refractivity contribution < 1.29 is 26.2 Å². The predicted octanol–water partition coefficient (Wildman–Crippen LogP) is 11.3. The minimum absolute atomic E-state index is 0. The van der Waals surface area contributed by atoms with Gasteiger partial charge < -0.3 is 0 Å². The molecule has 0 bridgehead atoms. The summed E-state index contributed by atoms with van der Waals surface area (Å²) in [7, 11) is 0. The van der Waals surface area contributed by atoms with E-state index in [1.54, 1.807) is 0 Å². The molecule has 0 heterocycles. The van der Waals surface area contributed by atoms with Gasteiger partial charge in [0.05, 0.1) is 0 Å². The SMILES string of the molecule is [C-](=C(c1ccccc1)c1ccccc1)c1ccccc1.[CH2-]c1ccccc1.[Zr+4].[c-]1cccc2c1Cc1ccccc1-2.c1cc[cH-]c1. The van der Waals surface area contributed by atoms with Crippen molar-refractivity contribution in [2.75, 3.05) is 0 Å². The summed E-state index contributed by atoms with van der Waals surface area (Å²) in [6, 6.07) is 69.0. The Morgan fingerprint density at radius 2 is 1.04 bits per heavy atom. The summed E-state index contributed by atoms with van der Waals surface area (Å²) >= 11 is 0. The van der Waals surface area contributed by atoms with Crippen molar-refractivity contribution in [1.82, 2.24) is 0 Å². The van der Waals surface area contributed by atoms with E-state index in [0.717, 1.165) is 23.1 Å². The second-order valence-electron chi connectivity index (χ2n) is 10.4. The maximum atomic E-state index is 3.72. The quantitative estimate of drug-likeness (QED) is 0.130. The van der Waals surface area contributed by atoms with E-state index >= 15 is 0 Å². The Hall–Kier alpha value is -4.84. The molecule has 8 rings (SSSR count). The Morgan fingerprint density at radius 1 is 0.543 bits per heavy atom. The first-order valence-corrected chi connectivity index (χ1v) is 15.2. The molecule has 0 radical (unpaired) electrons. The van der Waals surface area contributed by atoms with Gasteiger partial charge in [0.25, 0.3) is 0 Å². The van der Waals surface area contributed by atoms with Crippen molar-refractivity contribution in [2.45, 2.75) is 6.42 Å². The number of fused-ring (bicyclic) bond motifs is 3. The molecular formula is C45H36Zr. The van der Waals surface area contributed by atoms with Crippen LogP contribution in [0.15, 0.2) is 194 Å². The Kier molecular flexibility index (Phi) is 14.0. The first kappa shape index (κ1) is 34.0. The van der Waals surface area contributed by atoms with E-state index in [2.05, 4.69) is 116 Å². The van der Waals surface area contributed by atoms with Crippen LogP contribution in [0.3, 0.4) is 0 Å². The molecule has 220 valence electrons. The Bertz CT molecular complexity index is 1740. The normalized spacial score (nSPS) is 10.0. The fourth-order valence-electron chi connectivity index (χ4n) is 4.98. The topological polar surface area (TPSA) is 0 Å². The van der Waals surface area contributed by atoms with E-state index in [1.165, 1.54) is 33.4 Å². The zero-order valence-corrected chi connectivity index (χ0v) is 28.3. The van der Waals surface area contributed by atoms with Gasteiger partial charge in [0.1, 0.15) is 0 Å². The molecule has 7 aromatic carbocycles. The molecule has 0 amide bonds. The molecule has 1 aliphatic carbocycles. The maximum Gasteiger partial charge on any atom is 4.00 e. The monoisotopic (exact) mass is 666 g/mol. The van der Waals surface area contributed by atoms with Crippen LogP contribution in [0.5, 0.6) is 0 Å². The average molecular weight is 668 g/mol. The second kappa shape index (κ2) is 18.9. The molecule has 0 aliphatic heterocycles. The first-order chi connectivity index (χ1) is 22.3. The van der Waals surface area contributed by atoms with Crippen LogP contribution in [0, 0.1) is 19.1 Å². The third-order valence-electron chi connectivity index (χ3n) is 7.18. The molecule has 0 aromatic heterocycles. The van der Waals surface area contributed by atoms with Crippen molar-refractivity contribution in [3.05, 3.63) is 247 Å². The van der Waals surface area contributed by atoms with E-state index in [0.29, 0.717) is 0 Å². The van der Waals surface area contributed by atoms with Gasteiger partial charge in [-0.2, -0.15) is 72.6 Å². The zero-order chi connectivity index (χ0) is 30.9. The van der Waals surface area contributed by atoms with Crippen molar-refractivity contribution in [3.8, 4) is 11.1 Å². The van der Waals surface area contributed by atoms with Crippen LogP contribution in [0.2, 0.25) is 0 Å². The van der Waals surface area contributed by atoms with Gasteiger partial charge in [0.15, 0.2) is 0 Å². The first-order valence-electron chi connectivity index (χ1n) is 15.2. The minimum Gasteiger partial charge on any atom is -0.214 e. The molecule has 0 spiro atoms. The fraction of sp³-hybridized carbons (Fsp3) is 0.0222. The summed E-state index contributed by atoms with van der Waals surface area (Å²) in [5.41, 5.74) is 11.2. The number of benzene rings is 6. The third-order valence-corrected chi connectivity index (χ3v) is 7.18. The molecule has 7 aromatic rings. The number of rotatable bonds is 3. The fourth-order valence-corrected chi connectivity index (χ4v) is 4.98. The van der Waals surface area contributed by atoms with Gasteiger partial charge in [0.2, 0.25) is 0 Å². The van der Waals surface area contributed by atoms with Crippen LogP contribution in [-0.4, -0.2) is 0 Å². The predicted molar refractivity (Wildman–Crippen MR) is 191 cm³/mol. The van der Waals surface area contributed by atoms with Crippen molar-refractivity contribution in [1.29, 1.82) is 0 Å². The summed E-state index contributed by atoms with van der Waals surface area (Å²) in [5.74, 6) is 0. The van der Waals surface area contributed by atoms with Gasteiger partial charge in [0, 0.05) is 0 Å². The molecule has 0 saturated carbocycles. The molecule has 0 saturated heterocycles. The molecule has 1 aliphatic rings. The summed E-state index contributed by atoms with van der Waals surface area (Å²) in [6.45, 7) is 3.72. The third kappa shape index (κ3) is 10.4. The smallest absolute Gasteiger partial charge is 0.214 e. The van der Waals surface area contributed by atoms with Crippen LogP contribution in [-0.2, 0) is 32.6 Å². The minimum atomic E-state index is 0. The number of hydrogen-bond acceptors (Lipinski definition) is 0. The van der Waals surface area contributed by atoms with Gasteiger partial charge in [-0.05, 0) is 6.42 Å². The Labute approximate surface area is 294 Å². The van der Waals surface area contributed by atoms with E-state index in [4.69, 9.17) is 0 Å². The number of hydrogen-bond donors (Lipinski definition) is 0. The summed E-state index contributed by atoms with van der Waals surface area (Å²) < 4.78 is 0. The summed E-state index contributed by atoms with van der Waals surface area (Å²) in [6.07, 6.45) is 4.58. The van der Waals surface area contributed by atoms with Gasteiger partial charge in [-0.15, -0.1) is 47.0 Å². The summed E-state index contributed by atoms with van der Waals surface area (Å²) in [5, 5.41) is 0. The maximum absolute atomic E-state index is 3.72. The van der Waals surface area contributed by atoms with E-state index in [-0.39, 0.29) is 26.2 Å². The van der Waals surface area contributed by atoms with Gasteiger partial charge in [-0.25, -0.2) is 12.1 Å². The summed E-state index contributed by atoms with van der Waals surface area (Å²) in [4.78, 5) is 0.